The van der Waals surface area contributed by atoms with Gasteiger partial charge in [-0.15, -0.1) is 0 Å². The molecule has 1 atom stereocenters. The van der Waals surface area contributed by atoms with Crippen LogP contribution in [0.3, 0.4) is 0 Å². The molecule has 11 heteroatoms. The molecule has 0 aliphatic heterocycles. The number of hydrogen-bond donors (Lipinski definition) is 4. The average molecular weight is 504 g/mol. The maximum atomic E-state index is 12.9. The van der Waals surface area contributed by atoms with Gasteiger partial charge in [-0.3, -0.25) is 14.5 Å². The summed E-state index contributed by atoms with van der Waals surface area (Å²) >= 11 is 6.07. The summed E-state index contributed by atoms with van der Waals surface area (Å²) in [6.45, 7) is 2.65. The van der Waals surface area contributed by atoms with E-state index in [2.05, 4.69) is 15.0 Å². The van der Waals surface area contributed by atoms with Gasteiger partial charge >= 0.3 is 5.97 Å². The zero-order valence-corrected chi connectivity index (χ0v) is 19.8. The van der Waals surface area contributed by atoms with Crippen molar-refractivity contribution < 1.29 is 28.2 Å². The molecule has 0 fully saturated rings. The Morgan fingerprint density at radius 1 is 1.03 bits per heavy atom. The predicted octanol–water partition coefficient (Wildman–Crippen LogP) is 2.99. The van der Waals surface area contributed by atoms with Crippen LogP contribution < -0.4 is 10.0 Å². The van der Waals surface area contributed by atoms with E-state index in [1.165, 1.54) is 30.6 Å². The number of amides is 1. The van der Waals surface area contributed by atoms with Gasteiger partial charge in [-0.1, -0.05) is 23.7 Å². The van der Waals surface area contributed by atoms with Gasteiger partial charge in [-0.25, -0.2) is 13.2 Å². The maximum absolute atomic E-state index is 12.9. The van der Waals surface area contributed by atoms with Crippen molar-refractivity contribution in [3.05, 3.63) is 76.6 Å². The molecule has 0 radical (unpaired) electrons. The summed E-state index contributed by atoms with van der Waals surface area (Å²) in [5, 5.41) is 20.7. The monoisotopic (exact) mass is 503 g/mol. The van der Waals surface area contributed by atoms with Crippen LogP contribution in [0.25, 0.3) is 11.1 Å². The Bertz CT molecular complexity index is 1340. The lowest BCUT2D eigenvalue weighted by Gasteiger charge is -2.13. The molecule has 1 amide bonds. The van der Waals surface area contributed by atoms with E-state index < -0.39 is 34.5 Å². The van der Waals surface area contributed by atoms with E-state index in [1.54, 1.807) is 38.1 Å². The SMILES string of the molecule is Cc1cc(S(=O)(=O)Nc2cncc(-c3ccc(C(=O)N[C@@H](CO)C(=O)O)cc3)c2)c(C)cc1Cl. The molecule has 0 spiro atoms. The van der Waals surface area contributed by atoms with Gasteiger partial charge in [-0.05, 0) is 60.9 Å². The number of pyridine rings is 1. The van der Waals surface area contributed by atoms with Gasteiger partial charge in [0.2, 0.25) is 0 Å². The summed E-state index contributed by atoms with van der Waals surface area (Å²) in [6, 6.07) is 9.49. The molecule has 0 saturated carbocycles. The molecule has 3 rings (SSSR count). The molecule has 34 heavy (non-hydrogen) atoms. The second kappa shape index (κ2) is 10.2. The highest BCUT2D eigenvalue weighted by molar-refractivity contribution is 7.92. The zero-order valence-electron chi connectivity index (χ0n) is 18.2. The third-order valence-electron chi connectivity index (χ3n) is 5.00. The highest BCUT2D eigenvalue weighted by Crippen LogP contribution is 2.27. The van der Waals surface area contributed by atoms with Crippen LogP contribution in [-0.2, 0) is 14.8 Å². The second-order valence-corrected chi connectivity index (χ2v) is 9.62. The van der Waals surface area contributed by atoms with E-state index in [1.807, 2.05) is 0 Å². The van der Waals surface area contributed by atoms with E-state index in [0.29, 0.717) is 27.3 Å². The molecule has 4 N–H and O–H groups in total. The fourth-order valence-corrected chi connectivity index (χ4v) is 4.71. The largest absolute Gasteiger partial charge is 0.480 e. The summed E-state index contributed by atoms with van der Waals surface area (Å²) in [7, 11) is -3.89. The molecule has 0 aliphatic carbocycles. The van der Waals surface area contributed by atoms with Crippen molar-refractivity contribution in [2.24, 2.45) is 0 Å². The van der Waals surface area contributed by atoms with Crippen LogP contribution >= 0.6 is 11.6 Å². The number of carboxylic acid groups (broad SMARTS) is 1. The van der Waals surface area contributed by atoms with E-state index >= 15 is 0 Å². The molecule has 2 aromatic carbocycles. The topological polar surface area (TPSA) is 146 Å². The minimum absolute atomic E-state index is 0.109. The van der Waals surface area contributed by atoms with Gasteiger partial charge < -0.3 is 15.5 Å². The summed E-state index contributed by atoms with van der Waals surface area (Å²) in [5.74, 6) is -2.00. The van der Waals surface area contributed by atoms with E-state index in [9.17, 15) is 18.0 Å². The minimum Gasteiger partial charge on any atom is -0.480 e. The predicted molar refractivity (Wildman–Crippen MR) is 127 cm³/mol. The van der Waals surface area contributed by atoms with Crippen molar-refractivity contribution in [2.45, 2.75) is 24.8 Å². The van der Waals surface area contributed by atoms with Crippen LogP contribution in [0, 0.1) is 13.8 Å². The van der Waals surface area contributed by atoms with Crippen molar-refractivity contribution in [3.8, 4) is 11.1 Å². The molecule has 0 aliphatic rings. The summed E-state index contributed by atoms with van der Waals surface area (Å²) < 4.78 is 28.4. The Hall–Kier alpha value is -3.47. The molecule has 0 saturated heterocycles. The van der Waals surface area contributed by atoms with Crippen LogP contribution in [-0.4, -0.2) is 48.1 Å². The van der Waals surface area contributed by atoms with Crippen molar-refractivity contribution in [1.29, 1.82) is 0 Å². The molecule has 1 aromatic heterocycles. The van der Waals surface area contributed by atoms with Crippen molar-refractivity contribution in [2.75, 3.05) is 11.3 Å². The molecular formula is C23H22ClN3O6S. The Morgan fingerprint density at radius 3 is 2.32 bits per heavy atom. The molecule has 9 nitrogen and oxygen atoms in total. The summed E-state index contributed by atoms with van der Waals surface area (Å²) in [5.41, 5.74) is 2.83. The number of aliphatic hydroxyl groups excluding tert-OH is 1. The third-order valence-corrected chi connectivity index (χ3v) is 6.93. The Labute approximate surface area is 201 Å². The molecule has 3 aromatic rings. The Morgan fingerprint density at radius 2 is 1.71 bits per heavy atom. The molecule has 1 heterocycles. The molecular weight excluding hydrogens is 482 g/mol. The average Bonchev–Trinajstić information content (AvgIpc) is 2.79. The fraction of sp³-hybridized carbons (Fsp3) is 0.174. The zero-order chi connectivity index (χ0) is 25.0. The van der Waals surface area contributed by atoms with E-state index in [-0.39, 0.29) is 16.1 Å². The first-order valence-corrected chi connectivity index (χ1v) is 11.9. The number of anilines is 1. The lowest BCUT2D eigenvalue weighted by Crippen LogP contribution is -2.43. The number of carboxylic acids is 1. The number of halogens is 1. The number of nitrogens with one attached hydrogen (secondary N) is 2. The minimum atomic E-state index is -3.89. The molecule has 178 valence electrons. The fourth-order valence-electron chi connectivity index (χ4n) is 3.15. The normalized spacial score (nSPS) is 12.1. The number of aryl methyl sites for hydroxylation is 2. The first-order chi connectivity index (χ1) is 16.0. The standard InChI is InChI=1S/C23H22ClN3O6S/c1-13-8-21(14(2)7-19(13)24)34(32,33)27-18-9-17(10-25-11-18)15-3-5-16(6-4-15)22(29)26-20(12-28)23(30)31/h3-11,20,27-28H,12H2,1-2H3,(H,26,29)(H,30,31)/t20-/m0/s1. The number of rotatable bonds is 8. The van der Waals surface area contributed by atoms with Gasteiger partial charge in [0.1, 0.15) is 0 Å². The number of benzene rings is 2. The van der Waals surface area contributed by atoms with Crippen LogP contribution in [0.4, 0.5) is 5.69 Å². The Kier molecular flexibility index (Phi) is 7.55. The number of nitrogens with zero attached hydrogens (tertiary/aromatic N) is 1. The van der Waals surface area contributed by atoms with Crippen molar-refractivity contribution in [3.63, 3.8) is 0 Å². The van der Waals surface area contributed by atoms with Crippen molar-refractivity contribution in [1.82, 2.24) is 10.3 Å². The van der Waals surface area contributed by atoms with Gasteiger partial charge in [0.05, 0.1) is 23.4 Å². The Balaban J connectivity index is 1.81. The summed E-state index contributed by atoms with van der Waals surface area (Å²) in [6.07, 6.45) is 2.92. The molecule has 0 unspecified atom stereocenters. The number of carbonyl (C=O) groups is 2. The molecule has 0 bridgehead atoms. The number of aliphatic carboxylic acids is 1. The highest BCUT2D eigenvalue weighted by atomic mass is 35.5. The van der Waals surface area contributed by atoms with Gasteiger partial charge in [0.25, 0.3) is 15.9 Å². The lowest BCUT2D eigenvalue weighted by molar-refractivity contribution is -0.140. The van der Waals surface area contributed by atoms with Gasteiger partial charge in [0, 0.05) is 22.3 Å². The highest BCUT2D eigenvalue weighted by Gasteiger charge is 2.20. The van der Waals surface area contributed by atoms with Crippen LogP contribution in [0.2, 0.25) is 5.02 Å². The van der Waals surface area contributed by atoms with E-state index in [4.69, 9.17) is 21.8 Å². The first kappa shape index (κ1) is 25.2. The lowest BCUT2D eigenvalue weighted by atomic mass is 10.0. The number of carbonyl (C=O) groups excluding carboxylic acids is 1. The number of sulfonamides is 1. The second-order valence-electron chi connectivity index (χ2n) is 7.56. The summed E-state index contributed by atoms with van der Waals surface area (Å²) in [4.78, 5) is 27.4. The first-order valence-electron chi connectivity index (χ1n) is 10.0. The van der Waals surface area contributed by atoms with Crippen LogP contribution in [0.5, 0.6) is 0 Å². The van der Waals surface area contributed by atoms with Gasteiger partial charge in [-0.2, -0.15) is 0 Å². The third kappa shape index (κ3) is 5.71. The van der Waals surface area contributed by atoms with E-state index in [0.717, 1.165) is 0 Å². The van der Waals surface area contributed by atoms with Crippen LogP contribution in [0.1, 0.15) is 21.5 Å². The smallest absolute Gasteiger partial charge is 0.328 e. The van der Waals surface area contributed by atoms with Crippen molar-refractivity contribution >= 4 is 39.2 Å². The number of aromatic nitrogens is 1. The van der Waals surface area contributed by atoms with Gasteiger partial charge in [0.15, 0.2) is 6.04 Å². The number of hydrogen-bond acceptors (Lipinski definition) is 6. The number of aliphatic hydroxyl groups is 1. The van der Waals surface area contributed by atoms with Crippen LogP contribution in [0.15, 0.2) is 59.8 Å². The maximum Gasteiger partial charge on any atom is 0.328 e. The quantitative estimate of drug-likeness (QED) is 0.369.